The Labute approximate surface area is 93.4 Å². The van der Waals surface area contributed by atoms with E-state index in [1.807, 2.05) is 6.92 Å². The molecule has 0 radical (unpaired) electrons. The highest BCUT2D eigenvalue weighted by atomic mass is 19.2. The first-order valence-electron chi connectivity index (χ1n) is 5.32. The Morgan fingerprint density at radius 3 is 2.50 bits per heavy atom. The van der Waals surface area contributed by atoms with Gasteiger partial charge in [-0.1, -0.05) is 6.07 Å². The Hall–Kier alpha value is -1.00. The van der Waals surface area contributed by atoms with Crippen molar-refractivity contribution in [1.29, 1.82) is 0 Å². The van der Waals surface area contributed by atoms with Crippen molar-refractivity contribution in [3.05, 3.63) is 35.4 Å². The molecule has 1 unspecified atom stereocenters. The van der Waals surface area contributed by atoms with Crippen LogP contribution in [0.15, 0.2) is 18.2 Å². The number of nitrogens with two attached hydrogens (primary N) is 1. The van der Waals surface area contributed by atoms with Crippen molar-refractivity contribution in [3.8, 4) is 0 Å². The summed E-state index contributed by atoms with van der Waals surface area (Å²) < 4.78 is 31.2. The Balaban J connectivity index is 2.29. The molecule has 0 amide bonds. The van der Waals surface area contributed by atoms with Gasteiger partial charge in [-0.3, -0.25) is 0 Å². The van der Waals surface area contributed by atoms with Crippen molar-refractivity contribution in [3.63, 3.8) is 0 Å². The molecule has 1 saturated heterocycles. The van der Waals surface area contributed by atoms with Crippen LogP contribution < -0.4 is 5.73 Å². The number of rotatable bonds is 3. The minimum absolute atomic E-state index is 0.0111. The zero-order chi connectivity index (χ0) is 11.8. The third kappa shape index (κ3) is 1.95. The van der Waals surface area contributed by atoms with Crippen LogP contribution >= 0.6 is 0 Å². The molecule has 2 nitrogen and oxygen atoms in total. The van der Waals surface area contributed by atoms with Gasteiger partial charge in [0, 0.05) is 11.5 Å². The van der Waals surface area contributed by atoms with Crippen LogP contribution in [0.4, 0.5) is 8.78 Å². The molecule has 1 aromatic rings. The van der Waals surface area contributed by atoms with Crippen LogP contribution in [-0.2, 0) is 10.2 Å². The van der Waals surface area contributed by atoms with Gasteiger partial charge in [0.2, 0.25) is 0 Å². The van der Waals surface area contributed by atoms with Crippen LogP contribution in [0.2, 0.25) is 0 Å². The van der Waals surface area contributed by atoms with Gasteiger partial charge in [-0.25, -0.2) is 8.78 Å². The molecule has 1 aromatic carbocycles. The highest BCUT2D eigenvalue weighted by Crippen LogP contribution is 2.37. The molecule has 0 aliphatic carbocycles. The second kappa shape index (κ2) is 4.11. The van der Waals surface area contributed by atoms with Gasteiger partial charge in [-0.05, 0) is 31.0 Å². The van der Waals surface area contributed by atoms with E-state index in [1.165, 1.54) is 6.07 Å². The van der Waals surface area contributed by atoms with Gasteiger partial charge in [0.25, 0.3) is 0 Å². The molecule has 2 N–H and O–H groups in total. The molecule has 0 bridgehead atoms. The molecular formula is C12H15F2NO. The van der Waals surface area contributed by atoms with Crippen LogP contribution in [-0.4, -0.2) is 19.3 Å². The summed E-state index contributed by atoms with van der Waals surface area (Å²) in [5.74, 6) is -1.63. The molecular weight excluding hydrogens is 212 g/mol. The average molecular weight is 227 g/mol. The van der Waals surface area contributed by atoms with Crippen LogP contribution in [0.1, 0.15) is 18.9 Å². The number of hydrogen-bond acceptors (Lipinski definition) is 2. The van der Waals surface area contributed by atoms with E-state index in [2.05, 4.69) is 0 Å². The lowest BCUT2D eigenvalue weighted by Crippen LogP contribution is -2.49. The standard InChI is InChI=1S/C12H15F2NO/c1-8(15)5-12(6-16-7-12)9-2-3-10(13)11(14)4-9/h2-4,8H,5-7,15H2,1H3. The summed E-state index contributed by atoms with van der Waals surface area (Å²) in [5.41, 5.74) is 6.31. The van der Waals surface area contributed by atoms with Crippen molar-refractivity contribution in [2.45, 2.75) is 24.8 Å². The number of benzene rings is 1. The summed E-state index contributed by atoms with van der Waals surface area (Å²) >= 11 is 0. The van der Waals surface area contributed by atoms with E-state index in [0.717, 1.165) is 18.1 Å². The molecule has 1 fully saturated rings. The number of ether oxygens (including phenoxy) is 1. The summed E-state index contributed by atoms with van der Waals surface area (Å²) in [4.78, 5) is 0. The van der Waals surface area contributed by atoms with Crippen molar-refractivity contribution < 1.29 is 13.5 Å². The molecule has 16 heavy (non-hydrogen) atoms. The van der Waals surface area contributed by atoms with Gasteiger partial charge in [0.1, 0.15) is 0 Å². The lowest BCUT2D eigenvalue weighted by Gasteiger charge is -2.43. The average Bonchev–Trinajstić information content (AvgIpc) is 2.16. The maximum Gasteiger partial charge on any atom is 0.159 e. The quantitative estimate of drug-likeness (QED) is 0.856. The summed E-state index contributed by atoms with van der Waals surface area (Å²) in [6.07, 6.45) is 0.720. The molecule has 4 heteroatoms. The fourth-order valence-electron chi connectivity index (χ4n) is 2.19. The lowest BCUT2D eigenvalue weighted by atomic mass is 9.74. The van der Waals surface area contributed by atoms with E-state index in [-0.39, 0.29) is 11.5 Å². The third-order valence-electron chi connectivity index (χ3n) is 3.00. The second-order valence-electron chi connectivity index (χ2n) is 4.58. The molecule has 88 valence electrons. The van der Waals surface area contributed by atoms with E-state index >= 15 is 0 Å². The van der Waals surface area contributed by atoms with Gasteiger partial charge >= 0.3 is 0 Å². The largest absolute Gasteiger partial charge is 0.379 e. The predicted octanol–water partition coefficient (Wildman–Crippen LogP) is 1.97. The molecule has 1 aliphatic rings. The van der Waals surface area contributed by atoms with E-state index in [0.29, 0.717) is 13.2 Å². The van der Waals surface area contributed by atoms with Crippen molar-refractivity contribution in [2.75, 3.05) is 13.2 Å². The Morgan fingerprint density at radius 2 is 2.06 bits per heavy atom. The molecule has 0 saturated carbocycles. The summed E-state index contributed by atoms with van der Waals surface area (Å²) in [6, 6.07) is 4.03. The van der Waals surface area contributed by atoms with E-state index < -0.39 is 11.6 Å². The summed E-state index contributed by atoms with van der Waals surface area (Å²) in [7, 11) is 0. The van der Waals surface area contributed by atoms with Crippen LogP contribution in [0.5, 0.6) is 0 Å². The molecule has 1 aliphatic heterocycles. The predicted molar refractivity (Wildman–Crippen MR) is 57.1 cm³/mol. The molecule has 0 spiro atoms. The van der Waals surface area contributed by atoms with Crippen LogP contribution in [0.25, 0.3) is 0 Å². The van der Waals surface area contributed by atoms with Crippen molar-refractivity contribution >= 4 is 0 Å². The Morgan fingerprint density at radius 1 is 1.38 bits per heavy atom. The third-order valence-corrected chi connectivity index (χ3v) is 3.00. The second-order valence-corrected chi connectivity index (χ2v) is 4.58. The van der Waals surface area contributed by atoms with E-state index in [9.17, 15) is 8.78 Å². The topological polar surface area (TPSA) is 35.2 Å². The molecule has 2 rings (SSSR count). The zero-order valence-corrected chi connectivity index (χ0v) is 9.17. The van der Waals surface area contributed by atoms with Crippen molar-refractivity contribution in [1.82, 2.24) is 0 Å². The molecule has 1 atom stereocenters. The van der Waals surface area contributed by atoms with Gasteiger partial charge in [0.05, 0.1) is 13.2 Å². The number of hydrogen-bond donors (Lipinski definition) is 1. The maximum absolute atomic E-state index is 13.2. The maximum atomic E-state index is 13.2. The summed E-state index contributed by atoms with van der Waals surface area (Å²) in [5, 5.41) is 0. The van der Waals surface area contributed by atoms with Gasteiger partial charge in [0.15, 0.2) is 11.6 Å². The van der Waals surface area contributed by atoms with E-state index in [4.69, 9.17) is 10.5 Å². The number of halogens is 2. The Kier molecular flexibility index (Phi) is 2.95. The smallest absolute Gasteiger partial charge is 0.159 e. The fourth-order valence-corrected chi connectivity index (χ4v) is 2.19. The van der Waals surface area contributed by atoms with Crippen molar-refractivity contribution in [2.24, 2.45) is 5.73 Å². The van der Waals surface area contributed by atoms with E-state index in [1.54, 1.807) is 6.07 Å². The normalized spacial score (nSPS) is 20.2. The lowest BCUT2D eigenvalue weighted by molar-refractivity contribution is -0.0666. The summed E-state index contributed by atoms with van der Waals surface area (Å²) in [6.45, 7) is 2.96. The first-order chi connectivity index (χ1) is 7.53. The zero-order valence-electron chi connectivity index (χ0n) is 9.17. The minimum Gasteiger partial charge on any atom is -0.379 e. The van der Waals surface area contributed by atoms with Crippen LogP contribution in [0.3, 0.4) is 0 Å². The molecule has 1 heterocycles. The van der Waals surface area contributed by atoms with Crippen LogP contribution in [0, 0.1) is 11.6 Å². The Bertz CT molecular complexity index is 389. The molecule has 0 aromatic heterocycles. The highest BCUT2D eigenvalue weighted by molar-refractivity contribution is 5.29. The minimum atomic E-state index is -0.820. The first kappa shape index (κ1) is 11.5. The SMILES string of the molecule is CC(N)CC1(c2ccc(F)c(F)c2)COC1. The highest BCUT2D eigenvalue weighted by Gasteiger charge is 2.41. The monoisotopic (exact) mass is 227 g/mol. The van der Waals surface area contributed by atoms with Gasteiger partial charge < -0.3 is 10.5 Å². The van der Waals surface area contributed by atoms with Gasteiger partial charge in [-0.15, -0.1) is 0 Å². The first-order valence-corrected chi connectivity index (χ1v) is 5.32. The van der Waals surface area contributed by atoms with Gasteiger partial charge in [-0.2, -0.15) is 0 Å². The fraction of sp³-hybridized carbons (Fsp3) is 0.500.